The number of aryl methyl sites for hydroxylation is 2. The fourth-order valence-corrected chi connectivity index (χ4v) is 2.77. The minimum Gasteiger partial charge on any atom is -0.469 e. The first kappa shape index (κ1) is 11.5. The highest BCUT2D eigenvalue weighted by Gasteiger charge is 2.12. The van der Waals surface area contributed by atoms with Crippen LogP contribution in [-0.4, -0.2) is 9.97 Å². The van der Waals surface area contributed by atoms with Crippen molar-refractivity contribution in [3.63, 3.8) is 0 Å². The summed E-state index contributed by atoms with van der Waals surface area (Å²) in [6, 6.07) is 6.08. The van der Waals surface area contributed by atoms with E-state index in [9.17, 15) is 0 Å². The Balaban J connectivity index is 2.22. The number of fused-ring (bicyclic) bond motifs is 1. The lowest BCUT2D eigenvalue weighted by Gasteiger charge is -1.94. The summed E-state index contributed by atoms with van der Waals surface area (Å²) in [6.45, 7) is 4.14. The second-order valence-corrected chi connectivity index (χ2v) is 5.23. The number of nitrogens with zero attached hydrogens (tertiary/aromatic N) is 1. The molecular formula is C14H13BrN2O. The molecule has 18 heavy (non-hydrogen) atoms. The molecule has 2 heterocycles. The molecule has 1 aromatic carbocycles. The Hall–Kier alpha value is -1.55. The Morgan fingerprint density at radius 1 is 1.39 bits per heavy atom. The number of nitrogens with one attached hydrogen (secondary N) is 1. The highest BCUT2D eigenvalue weighted by molar-refractivity contribution is 9.10. The number of rotatable bonds is 2. The number of halogens is 1. The number of aromatic amines is 1. The molecule has 0 aliphatic rings. The first-order valence-electron chi connectivity index (χ1n) is 5.91. The maximum atomic E-state index is 5.45. The number of hydrogen-bond donors (Lipinski definition) is 1. The highest BCUT2D eigenvalue weighted by Crippen LogP contribution is 2.28. The van der Waals surface area contributed by atoms with E-state index in [1.165, 1.54) is 0 Å². The zero-order chi connectivity index (χ0) is 12.7. The van der Waals surface area contributed by atoms with E-state index >= 15 is 0 Å². The molecule has 4 heteroatoms. The number of aromatic nitrogens is 2. The van der Waals surface area contributed by atoms with Gasteiger partial charge in [-0.2, -0.15) is 0 Å². The van der Waals surface area contributed by atoms with Gasteiger partial charge >= 0.3 is 0 Å². The van der Waals surface area contributed by atoms with Gasteiger partial charge in [0.25, 0.3) is 0 Å². The third-order valence-electron chi connectivity index (χ3n) is 3.06. The average molecular weight is 305 g/mol. The van der Waals surface area contributed by atoms with E-state index in [2.05, 4.69) is 45.8 Å². The van der Waals surface area contributed by atoms with Crippen LogP contribution in [0.2, 0.25) is 0 Å². The van der Waals surface area contributed by atoms with E-state index in [0.29, 0.717) is 0 Å². The summed E-state index contributed by atoms with van der Waals surface area (Å²) >= 11 is 3.50. The van der Waals surface area contributed by atoms with Gasteiger partial charge in [0, 0.05) is 10.9 Å². The first-order chi connectivity index (χ1) is 8.69. The Labute approximate surface area is 113 Å². The molecule has 3 nitrogen and oxygen atoms in total. The summed E-state index contributed by atoms with van der Waals surface area (Å²) < 4.78 is 6.51. The molecule has 3 aromatic rings. The lowest BCUT2D eigenvalue weighted by molar-refractivity contribution is 0.517. The van der Waals surface area contributed by atoms with Crippen molar-refractivity contribution in [3.05, 3.63) is 40.3 Å². The molecule has 3 rings (SSSR count). The van der Waals surface area contributed by atoms with Crippen molar-refractivity contribution in [2.24, 2.45) is 0 Å². The van der Waals surface area contributed by atoms with Crippen LogP contribution < -0.4 is 0 Å². The molecule has 0 saturated heterocycles. The van der Waals surface area contributed by atoms with Gasteiger partial charge in [-0.1, -0.05) is 22.9 Å². The van der Waals surface area contributed by atoms with Crippen LogP contribution in [0.25, 0.3) is 22.4 Å². The number of imidazole rings is 1. The molecule has 0 spiro atoms. The summed E-state index contributed by atoms with van der Waals surface area (Å²) in [6.07, 6.45) is 2.58. The molecule has 0 atom stereocenters. The van der Waals surface area contributed by atoms with Crippen LogP contribution in [0, 0.1) is 6.92 Å². The monoisotopic (exact) mass is 304 g/mol. The van der Waals surface area contributed by atoms with Crippen LogP contribution in [0.4, 0.5) is 0 Å². The molecule has 0 bridgehead atoms. The van der Waals surface area contributed by atoms with Crippen molar-refractivity contribution in [1.29, 1.82) is 0 Å². The zero-order valence-corrected chi connectivity index (χ0v) is 11.8. The lowest BCUT2D eigenvalue weighted by Crippen LogP contribution is -1.83. The van der Waals surface area contributed by atoms with Gasteiger partial charge in [0.1, 0.15) is 11.6 Å². The minimum atomic E-state index is 0.863. The summed E-state index contributed by atoms with van der Waals surface area (Å²) in [4.78, 5) is 8.02. The molecule has 0 unspecified atom stereocenters. The predicted molar refractivity (Wildman–Crippen MR) is 75.6 cm³/mol. The van der Waals surface area contributed by atoms with Crippen LogP contribution in [0.5, 0.6) is 0 Å². The Kier molecular flexibility index (Phi) is 2.74. The quantitative estimate of drug-likeness (QED) is 0.759. The maximum absolute atomic E-state index is 5.45. The van der Waals surface area contributed by atoms with E-state index in [4.69, 9.17) is 4.42 Å². The predicted octanol–water partition coefficient (Wildman–Crippen LogP) is 4.46. The van der Waals surface area contributed by atoms with Crippen molar-refractivity contribution >= 4 is 27.0 Å². The summed E-state index contributed by atoms with van der Waals surface area (Å²) in [5.41, 5.74) is 4.25. The van der Waals surface area contributed by atoms with Gasteiger partial charge < -0.3 is 9.40 Å². The third-order valence-corrected chi connectivity index (χ3v) is 3.52. The van der Waals surface area contributed by atoms with E-state index in [0.717, 1.165) is 44.6 Å². The van der Waals surface area contributed by atoms with Crippen molar-refractivity contribution < 1.29 is 4.42 Å². The smallest absolute Gasteiger partial charge is 0.142 e. The number of H-pyrrole nitrogens is 1. The maximum Gasteiger partial charge on any atom is 0.142 e. The van der Waals surface area contributed by atoms with Crippen LogP contribution >= 0.6 is 15.9 Å². The summed E-state index contributed by atoms with van der Waals surface area (Å²) in [5.74, 6) is 1.84. The molecule has 0 amide bonds. The van der Waals surface area contributed by atoms with E-state index in [1.54, 1.807) is 6.26 Å². The van der Waals surface area contributed by atoms with Gasteiger partial charge in [-0.3, -0.25) is 0 Å². The molecule has 0 aliphatic heterocycles. The Morgan fingerprint density at radius 2 is 2.22 bits per heavy atom. The molecule has 0 aliphatic carbocycles. The fourth-order valence-electron chi connectivity index (χ4n) is 2.20. The molecule has 0 saturated carbocycles. The molecule has 2 aromatic heterocycles. The van der Waals surface area contributed by atoms with Crippen molar-refractivity contribution in [3.8, 4) is 11.4 Å². The van der Waals surface area contributed by atoms with E-state index in [1.807, 2.05) is 12.1 Å². The summed E-state index contributed by atoms with van der Waals surface area (Å²) in [7, 11) is 0. The molecule has 1 N–H and O–H groups in total. The number of benzene rings is 1. The number of hydrogen-bond acceptors (Lipinski definition) is 2. The van der Waals surface area contributed by atoms with Crippen molar-refractivity contribution in [1.82, 2.24) is 9.97 Å². The van der Waals surface area contributed by atoms with E-state index < -0.39 is 0 Å². The van der Waals surface area contributed by atoms with Crippen molar-refractivity contribution in [2.45, 2.75) is 20.3 Å². The Bertz CT molecular complexity index is 712. The fraction of sp³-hybridized carbons (Fsp3) is 0.214. The largest absolute Gasteiger partial charge is 0.469 e. The van der Waals surface area contributed by atoms with Crippen LogP contribution in [-0.2, 0) is 6.42 Å². The molecule has 0 radical (unpaired) electrons. The SMILES string of the molecule is CCc1occc1-c1nc2c(C)cc(Br)cc2[nH]1. The van der Waals surface area contributed by atoms with Gasteiger partial charge in [-0.15, -0.1) is 0 Å². The van der Waals surface area contributed by atoms with Gasteiger partial charge in [0.2, 0.25) is 0 Å². The minimum absolute atomic E-state index is 0.863. The van der Waals surface area contributed by atoms with E-state index in [-0.39, 0.29) is 0 Å². The van der Waals surface area contributed by atoms with Crippen LogP contribution in [0.15, 0.2) is 33.4 Å². The third kappa shape index (κ3) is 1.77. The zero-order valence-electron chi connectivity index (χ0n) is 10.2. The molecule has 0 fully saturated rings. The highest BCUT2D eigenvalue weighted by atomic mass is 79.9. The Morgan fingerprint density at radius 3 is 3.00 bits per heavy atom. The van der Waals surface area contributed by atoms with Gasteiger partial charge in [0.15, 0.2) is 0 Å². The van der Waals surface area contributed by atoms with Gasteiger partial charge in [-0.25, -0.2) is 4.98 Å². The second kappa shape index (κ2) is 4.28. The van der Waals surface area contributed by atoms with Crippen LogP contribution in [0.1, 0.15) is 18.2 Å². The van der Waals surface area contributed by atoms with Crippen molar-refractivity contribution in [2.75, 3.05) is 0 Å². The van der Waals surface area contributed by atoms with Crippen LogP contribution in [0.3, 0.4) is 0 Å². The first-order valence-corrected chi connectivity index (χ1v) is 6.71. The van der Waals surface area contributed by atoms with Gasteiger partial charge in [-0.05, 0) is 30.7 Å². The lowest BCUT2D eigenvalue weighted by atomic mass is 10.2. The molecular weight excluding hydrogens is 292 g/mol. The normalized spacial score (nSPS) is 11.3. The van der Waals surface area contributed by atoms with Gasteiger partial charge in [0.05, 0.1) is 22.9 Å². The summed E-state index contributed by atoms with van der Waals surface area (Å²) in [5, 5.41) is 0. The second-order valence-electron chi connectivity index (χ2n) is 4.32. The standard InChI is InChI=1S/C14H13BrN2O/c1-3-12-10(4-5-18-12)14-16-11-7-9(15)6-8(2)13(11)17-14/h4-7H,3H2,1-2H3,(H,16,17). The average Bonchev–Trinajstić information content (AvgIpc) is 2.92. The number of furan rings is 1. The molecule has 92 valence electrons. The topological polar surface area (TPSA) is 41.8 Å².